The number of aryl methyl sites for hydroxylation is 1. The highest BCUT2D eigenvalue weighted by Crippen LogP contribution is 2.35. The van der Waals surface area contributed by atoms with E-state index in [1.807, 2.05) is 18.2 Å². The molecule has 1 aliphatic heterocycles. The largest absolute Gasteiger partial charge is 0.497 e. The van der Waals surface area contributed by atoms with Crippen LogP contribution in [-0.2, 0) is 14.9 Å². The van der Waals surface area contributed by atoms with E-state index in [1.54, 1.807) is 18.9 Å². The zero-order valence-electron chi connectivity index (χ0n) is 16.3. The fourth-order valence-corrected chi connectivity index (χ4v) is 4.83. The fourth-order valence-electron chi connectivity index (χ4n) is 3.51. The number of thioether (sulfide) groups is 1. The van der Waals surface area contributed by atoms with Crippen LogP contribution in [0, 0.1) is 6.92 Å². The number of methoxy groups -OCH3 is 1. The summed E-state index contributed by atoms with van der Waals surface area (Å²) in [6.07, 6.45) is 1.80. The molecule has 0 bridgehead atoms. The number of hydrogen-bond acceptors (Lipinski definition) is 4. The first-order valence-electron chi connectivity index (χ1n) is 9.40. The van der Waals surface area contributed by atoms with Crippen molar-refractivity contribution in [3.05, 3.63) is 58.1 Å². The number of amides is 1. The van der Waals surface area contributed by atoms with Crippen molar-refractivity contribution in [3.63, 3.8) is 0 Å². The Kier molecular flexibility index (Phi) is 7.43. The van der Waals surface area contributed by atoms with Gasteiger partial charge in [-0.05, 0) is 61.2 Å². The summed E-state index contributed by atoms with van der Waals surface area (Å²) in [7, 11) is 1.67. The van der Waals surface area contributed by atoms with E-state index in [0.29, 0.717) is 12.3 Å². The van der Waals surface area contributed by atoms with Crippen LogP contribution >= 0.6 is 27.7 Å². The lowest BCUT2D eigenvalue weighted by molar-refractivity contribution is -0.119. The molecule has 1 N–H and O–H groups in total. The van der Waals surface area contributed by atoms with Gasteiger partial charge in [-0.25, -0.2) is 0 Å². The molecule has 1 saturated heterocycles. The minimum atomic E-state index is -0.0849. The normalized spacial score (nSPS) is 15.8. The number of ether oxygens (including phenoxy) is 2. The number of carbonyl (C=O) groups excluding carboxylic acids is 1. The van der Waals surface area contributed by atoms with Gasteiger partial charge >= 0.3 is 0 Å². The highest BCUT2D eigenvalue weighted by atomic mass is 79.9. The van der Waals surface area contributed by atoms with Crippen LogP contribution in [0.3, 0.4) is 0 Å². The van der Waals surface area contributed by atoms with Crippen LogP contribution in [0.1, 0.15) is 24.0 Å². The zero-order chi connectivity index (χ0) is 20.0. The smallest absolute Gasteiger partial charge is 0.230 e. The van der Waals surface area contributed by atoms with E-state index >= 15 is 0 Å². The van der Waals surface area contributed by atoms with E-state index < -0.39 is 0 Å². The van der Waals surface area contributed by atoms with E-state index in [-0.39, 0.29) is 11.3 Å². The van der Waals surface area contributed by atoms with Gasteiger partial charge in [0.05, 0.1) is 12.9 Å². The van der Waals surface area contributed by atoms with Gasteiger partial charge < -0.3 is 14.8 Å². The third-order valence-electron chi connectivity index (χ3n) is 5.27. The van der Waals surface area contributed by atoms with Crippen molar-refractivity contribution in [1.82, 2.24) is 5.32 Å². The first-order chi connectivity index (χ1) is 13.5. The molecule has 2 aromatic carbocycles. The Morgan fingerprint density at radius 1 is 1.21 bits per heavy atom. The van der Waals surface area contributed by atoms with Gasteiger partial charge in [0, 0.05) is 34.5 Å². The van der Waals surface area contributed by atoms with Crippen molar-refractivity contribution >= 4 is 33.6 Å². The Hall–Kier alpha value is -1.50. The second-order valence-corrected chi connectivity index (χ2v) is 9.03. The fraction of sp³-hybridized carbons (Fsp3) is 0.409. The van der Waals surface area contributed by atoms with Gasteiger partial charge in [-0.3, -0.25) is 4.79 Å². The van der Waals surface area contributed by atoms with Crippen molar-refractivity contribution < 1.29 is 14.3 Å². The molecule has 3 rings (SSSR count). The highest BCUT2D eigenvalue weighted by Gasteiger charge is 2.34. The SMILES string of the molecule is COc1ccc(C2(CNC(=O)CSc3ccc(Br)cc3C)CCOCC2)cc1. The summed E-state index contributed by atoms with van der Waals surface area (Å²) in [5.74, 6) is 1.32. The molecule has 150 valence electrons. The van der Waals surface area contributed by atoms with Crippen LogP contribution < -0.4 is 10.1 Å². The average Bonchev–Trinajstić information content (AvgIpc) is 2.72. The standard InChI is InChI=1S/C22H26BrNO3S/c1-16-13-18(23)5-8-20(16)28-14-21(25)24-15-22(9-11-27-12-10-22)17-3-6-19(26-2)7-4-17/h3-8,13H,9-12,14-15H2,1-2H3,(H,24,25). The first kappa shape index (κ1) is 21.2. The third-order valence-corrected chi connectivity index (χ3v) is 6.94. The van der Waals surface area contributed by atoms with Crippen LogP contribution in [0.2, 0.25) is 0 Å². The molecular formula is C22H26BrNO3S. The summed E-state index contributed by atoms with van der Waals surface area (Å²) in [5.41, 5.74) is 2.32. The predicted molar refractivity (Wildman–Crippen MR) is 117 cm³/mol. The average molecular weight is 464 g/mol. The van der Waals surface area contributed by atoms with Gasteiger partial charge in [0.2, 0.25) is 5.91 Å². The van der Waals surface area contributed by atoms with E-state index in [9.17, 15) is 4.79 Å². The highest BCUT2D eigenvalue weighted by molar-refractivity contribution is 9.10. The van der Waals surface area contributed by atoms with Crippen LogP contribution in [0.25, 0.3) is 0 Å². The van der Waals surface area contributed by atoms with Crippen LogP contribution in [0.4, 0.5) is 0 Å². The van der Waals surface area contributed by atoms with Crippen molar-refractivity contribution in [2.45, 2.75) is 30.1 Å². The van der Waals surface area contributed by atoms with Crippen molar-refractivity contribution in [1.29, 1.82) is 0 Å². The molecule has 1 fully saturated rings. The molecule has 0 unspecified atom stereocenters. The van der Waals surface area contributed by atoms with Crippen LogP contribution in [0.15, 0.2) is 51.8 Å². The molecule has 1 heterocycles. The lowest BCUT2D eigenvalue weighted by atomic mass is 9.74. The van der Waals surface area contributed by atoms with E-state index in [4.69, 9.17) is 9.47 Å². The number of halogens is 1. The summed E-state index contributed by atoms with van der Waals surface area (Å²) in [6.45, 7) is 4.12. The van der Waals surface area contributed by atoms with Gasteiger partial charge in [-0.2, -0.15) is 0 Å². The molecule has 0 atom stereocenters. The molecule has 0 saturated carbocycles. The lowest BCUT2D eigenvalue weighted by Gasteiger charge is -2.38. The summed E-state index contributed by atoms with van der Waals surface area (Å²) in [6, 6.07) is 14.3. The lowest BCUT2D eigenvalue weighted by Crippen LogP contribution is -2.45. The Bertz CT molecular complexity index is 804. The maximum absolute atomic E-state index is 12.5. The minimum absolute atomic E-state index is 0.0618. The van der Waals surface area contributed by atoms with E-state index in [0.717, 1.165) is 41.2 Å². The molecule has 6 heteroatoms. The molecular weight excluding hydrogens is 438 g/mol. The maximum atomic E-state index is 12.5. The Balaban J connectivity index is 1.62. The van der Waals surface area contributed by atoms with Crippen LogP contribution in [-0.4, -0.2) is 38.5 Å². The molecule has 1 amide bonds. The molecule has 0 aromatic heterocycles. The molecule has 2 aromatic rings. The van der Waals surface area contributed by atoms with Gasteiger partial charge in [0.1, 0.15) is 5.75 Å². The summed E-state index contributed by atoms with van der Waals surface area (Å²) < 4.78 is 11.9. The van der Waals surface area contributed by atoms with E-state index in [2.05, 4.69) is 52.4 Å². The van der Waals surface area contributed by atoms with Crippen molar-refractivity contribution in [2.24, 2.45) is 0 Å². The molecule has 4 nitrogen and oxygen atoms in total. The number of nitrogens with one attached hydrogen (secondary N) is 1. The molecule has 0 aliphatic carbocycles. The van der Waals surface area contributed by atoms with Crippen LogP contribution in [0.5, 0.6) is 5.75 Å². The second kappa shape index (κ2) is 9.81. The summed E-state index contributed by atoms with van der Waals surface area (Å²) >= 11 is 5.05. The summed E-state index contributed by atoms with van der Waals surface area (Å²) in [4.78, 5) is 13.7. The van der Waals surface area contributed by atoms with Gasteiger partial charge in [0.25, 0.3) is 0 Å². The minimum Gasteiger partial charge on any atom is -0.497 e. The first-order valence-corrected chi connectivity index (χ1v) is 11.2. The zero-order valence-corrected chi connectivity index (χ0v) is 18.7. The number of hydrogen-bond donors (Lipinski definition) is 1. The van der Waals surface area contributed by atoms with Crippen molar-refractivity contribution in [2.75, 3.05) is 32.6 Å². The molecule has 1 aliphatic rings. The maximum Gasteiger partial charge on any atom is 0.230 e. The van der Waals surface area contributed by atoms with E-state index in [1.165, 1.54) is 11.1 Å². The monoisotopic (exact) mass is 463 g/mol. The van der Waals surface area contributed by atoms with Gasteiger partial charge in [0.15, 0.2) is 0 Å². The molecule has 28 heavy (non-hydrogen) atoms. The Morgan fingerprint density at radius 3 is 2.57 bits per heavy atom. The predicted octanol–water partition coefficient (Wildman–Crippen LogP) is 4.72. The topological polar surface area (TPSA) is 47.6 Å². The Labute approximate surface area is 179 Å². The molecule has 0 radical (unpaired) electrons. The number of rotatable bonds is 7. The quantitative estimate of drug-likeness (QED) is 0.603. The van der Waals surface area contributed by atoms with Gasteiger partial charge in [-0.1, -0.05) is 28.1 Å². The summed E-state index contributed by atoms with van der Waals surface area (Å²) in [5, 5.41) is 3.17. The number of carbonyl (C=O) groups is 1. The molecule has 0 spiro atoms. The van der Waals surface area contributed by atoms with Gasteiger partial charge in [-0.15, -0.1) is 11.8 Å². The number of benzene rings is 2. The van der Waals surface area contributed by atoms with Crippen molar-refractivity contribution in [3.8, 4) is 5.75 Å². The third kappa shape index (κ3) is 5.31. The second-order valence-electron chi connectivity index (χ2n) is 7.10. The Morgan fingerprint density at radius 2 is 1.93 bits per heavy atom.